The van der Waals surface area contributed by atoms with Crippen LogP contribution in [0.15, 0.2) is 261 Å². The van der Waals surface area contributed by atoms with Crippen LogP contribution in [0.4, 0.5) is 0 Å². The molecule has 0 amide bonds. The number of fused-ring (bicyclic) bond motifs is 11. The van der Waals surface area contributed by atoms with Gasteiger partial charge in [-0.25, -0.2) is 0 Å². The third-order valence-corrected chi connectivity index (χ3v) is 20.1. The van der Waals surface area contributed by atoms with E-state index in [1.54, 1.807) is 0 Å². The molecule has 0 saturated heterocycles. The smallest absolute Gasteiger partial charge is 0.260 e. The van der Waals surface area contributed by atoms with E-state index in [1.807, 2.05) is 0 Å². The van der Waals surface area contributed by atoms with E-state index in [2.05, 4.69) is 270 Å². The predicted octanol–water partition coefficient (Wildman–Crippen LogP) is 11.7. The number of para-hydroxylation sites is 4. The lowest BCUT2D eigenvalue weighted by atomic mass is 9.35. The van der Waals surface area contributed by atoms with Crippen molar-refractivity contribution in [3.63, 3.8) is 0 Å². The van der Waals surface area contributed by atoms with Gasteiger partial charge >= 0.3 is 0 Å². The van der Waals surface area contributed by atoms with Gasteiger partial charge in [0, 0.05) is 44.4 Å². The molecule has 0 bridgehead atoms. The summed E-state index contributed by atoms with van der Waals surface area (Å²) >= 11 is 0. The molecular formula is C66H43BN2O2Si. The van der Waals surface area contributed by atoms with Crippen LogP contribution in [0.5, 0.6) is 23.0 Å². The highest BCUT2D eigenvalue weighted by Gasteiger charge is 2.43. The number of rotatable bonds is 7. The van der Waals surface area contributed by atoms with Crippen molar-refractivity contribution < 1.29 is 9.47 Å². The van der Waals surface area contributed by atoms with Crippen molar-refractivity contribution in [3.8, 4) is 45.5 Å². The van der Waals surface area contributed by atoms with Gasteiger partial charge in [-0.05, 0) is 97.4 Å². The lowest BCUT2D eigenvalue weighted by molar-refractivity contribution is 0.465. The second-order valence-corrected chi connectivity index (χ2v) is 22.9. The lowest BCUT2D eigenvalue weighted by Gasteiger charge is -2.35. The van der Waals surface area contributed by atoms with Gasteiger partial charge in [-0.3, -0.25) is 0 Å². The third kappa shape index (κ3) is 5.93. The van der Waals surface area contributed by atoms with E-state index < -0.39 is 8.07 Å². The minimum atomic E-state index is -2.80. The van der Waals surface area contributed by atoms with Crippen LogP contribution in [0.3, 0.4) is 0 Å². The molecule has 15 rings (SSSR count). The SMILES string of the molecule is c1ccc(-n2c3ccccc3c3c2ccc2c4ccccc4n(-c4ccc5c(c4)Oc4cc(-c6cccc([Si](c7ccccc7)(c7ccccc7)c7ccccc7)c6)cc6c4B5c4ccccc4O6)c23)cc1. The van der Waals surface area contributed by atoms with E-state index in [-0.39, 0.29) is 6.71 Å². The van der Waals surface area contributed by atoms with Crippen molar-refractivity contribution >= 4 is 95.5 Å². The molecule has 4 heterocycles. The van der Waals surface area contributed by atoms with E-state index in [4.69, 9.17) is 9.47 Å². The summed E-state index contributed by atoms with van der Waals surface area (Å²) in [5, 5.41) is 10.2. The van der Waals surface area contributed by atoms with Crippen LogP contribution >= 0.6 is 0 Å². The number of hydrogen-bond donors (Lipinski definition) is 0. The zero-order valence-electron chi connectivity index (χ0n) is 39.1. The number of hydrogen-bond acceptors (Lipinski definition) is 2. The van der Waals surface area contributed by atoms with Crippen molar-refractivity contribution in [1.82, 2.24) is 9.13 Å². The van der Waals surface area contributed by atoms with Crippen molar-refractivity contribution in [2.75, 3.05) is 0 Å². The number of benzene rings is 11. The Hall–Kier alpha value is -9.10. The Morgan fingerprint density at radius 2 is 0.875 bits per heavy atom. The molecular weight excluding hydrogens is 892 g/mol. The molecule has 0 radical (unpaired) electrons. The van der Waals surface area contributed by atoms with Crippen LogP contribution in [-0.4, -0.2) is 23.9 Å². The number of ether oxygens (including phenoxy) is 2. The van der Waals surface area contributed by atoms with Crippen LogP contribution in [0.1, 0.15) is 0 Å². The Balaban J connectivity index is 0.931. The summed E-state index contributed by atoms with van der Waals surface area (Å²) in [6, 6.07) is 95.3. The first kappa shape index (κ1) is 40.8. The molecule has 0 fully saturated rings. The van der Waals surface area contributed by atoms with Crippen LogP contribution in [0, 0.1) is 0 Å². The topological polar surface area (TPSA) is 28.3 Å². The van der Waals surface area contributed by atoms with Gasteiger partial charge in [-0.1, -0.05) is 200 Å². The average Bonchev–Trinajstić information content (AvgIpc) is 3.97. The molecule has 6 heteroatoms. The van der Waals surface area contributed by atoms with E-state index >= 15 is 0 Å². The van der Waals surface area contributed by atoms with Gasteiger partial charge in [0.1, 0.15) is 23.0 Å². The molecule has 0 atom stereocenters. The third-order valence-electron chi connectivity index (χ3n) is 15.4. The molecule has 2 aromatic heterocycles. The van der Waals surface area contributed by atoms with Gasteiger partial charge in [-0.15, -0.1) is 0 Å². The second-order valence-electron chi connectivity index (χ2n) is 19.1. The van der Waals surface area contributed by atoms with Gasteiger partial charge in [0.15, 0.2) is 8.07 Å². The fourth-order valence-electron chi connectivity index (χ4n) is 12.4. The highest BCUT2D eigenvalue weighted by atomic mass is 28.3. The summed E-state index contributed by atoms with van der Waals surface area (Å²) in [5.74, 6) is 3.34. The highest BCUT2D eigenvalue weighted by molar-refractivity contribution is 7.20. The van der Waals surface area contributed by atoms with E-state index in [0.29, 0.717) is 0 Å². The summed E-state index contributed by atoms with van der Waals surface area (Å²) in [5.41, 5.74) is 12.3. The Morgan fingerprint density at radius 1 is 0.319 bits per heavy atom. The minimum absolute atomic E-state index is 0.0823. The molecule has 72 heavy (non-hydrogen) atoms. The zero-order chi connectivity index (χ0) is 47.3. The van der Waals surface area contributed by atoms with Gasteiger partial charge in [-0.2, -0.15) is 0 Å². The molecule has 0 unspecified atom stereocenters. The molecule has 4 nitrogen and oxygen atoms in total. The van der Waals surface area contributed by atoms with Gasteiger partial charge in [0.05, 0.1) is 22.1 Å². The van der Waals surface area contributed by atoms with Gasteiger partial charge in [0.25, 0.3) is 6.71 Å². The first-order valence-corrected chi connectivity index (χ1v) is 26.8. The highest BCUT2D eigenvalue weighted by Crippen LogP contribution is 2.44. The van der Waals surface area contributed by atoms with E-state index in [9.17, 15) is 0 Å². The fourth-order valence-corrected chi connectivity index (χ4v) is 17.2. The van der Waals surface area contributed by atoms with E-state index in [0.717, 1.165) is 67.4 Å². The monoisotopic (exact) mass is 934 g/mol. The van der Waals surface area contributed by atoms with Crippen LogP contribution < -0.4 is 46.6 Å². The molecule has 0 saturated carbocycles. The van der Waals surface area contributed by atoms with Crippen LogP contribution in [0.25, 0.3) is 66.1 Å². The van der Waals surface area contributed by atoms with Gasteiger partial charge < -0.3 is 18.6 Å². The Bertz CT molecular complexity index is 4190. The standard InChI is InChI=1S/C66H43BN2O2Si/c1-5-21-46(22-6-1)68-58-34-17-14-31-54(58)64-59(68)39-37-53-52-30-13-16-33-57(52)69(66(53)64)47-36-38-56-61(43-47)71-63-42-45(41-62-65(63)67(56)55-32-15-18-35-60(55)70-62)44-20-19-29-51(40-44)72(48-23-7-2-8-24-48,49-25-9-3-10-26-49)50-27-11-4-12-28-50/h1-43H. The summed E-state index contributed by atoms with van der Waals surface area (Å²) in [7, 11) is -2.80. The lowest BCUT2D eigenvalue weighted by Crippen LogP contribution is -2.74. The normalized spacial score (nSPS) is 12.6. The second kappa shape index (κ2) is 16.0. The maximum atomic E-state index is 7.30. The number of nitrogens with zero attached hydrogens (tertiary/aromatic N) is 2. The average molecular weight is 935 g/mol. The molecule has 0 N–H and O–H groups in total. The van der Waals surface area contributed by atoms with Crippen molar-refractivity contribution in [1.29, 1.82) is 0 Å². The fraction of sp³-hybridized carbons (Fsp3) is 0. The number of aromatic nitrogens is 2. The van der Waals surface area contributed by atoms with E-state index in [1.165, 1.54) is 58.8 Å². The summed E-state index contributed by atoms with van der Waals surface area (Å²) in [6.07, 6.45) is 0. The molecule has 2 aliphatic rings. The van der Waals surface area contributed by atoms with Crippen LogP contribution in [0.2, 0.25) is 0 Å². The molecule has 11 aromatic carbocycles. The molecule has 336 valence electrons. The summed E-state index contributed by atoms with van der Waals surface area (Å²) < 4.78 is 19.1. The maximum absolute atomic E-state index is 7.30. The Kier molecular flexibility index (Phi) is 9.04. The summed E-state index contributed by atoms with van der Waals surface area (Å²) in [6.45, 7) is -0.0823. The first-order chi connectivity index (χ1) is 35.7. The molecule has 0 spiro atoms. The maximum Gasteiger partial charge on any atom is 0.260 e. The van der Waals surface area contributed by atoms with Crippen LogP contribution in [-0.2, 0) is 0 Å². The largest absolute Gasteiger partial charge is 0.458 e. The molecule has 0 aliphatic carbocycles. The first-order valence-electron chi connectivity index (χ1n) is 24.8. The van der Waals surface area contributed by atoms with Crippen molar-refractivity contribution in [3.05, 3.63) is 261 Å². The Labute approximate surface area is 418 Å². The quantitative estimate of drug-likeness (QED) is 0.118. The predicted molar refractivity (Wildman–Crippen MR) is 302 cm³/mol. The molecule has 13 aromatic rings. The zero-order valence-corrected chi connectivity index (χ0v) is 40.1. The summed E-state index contributed by atoms with van der Waals surface area (Å²) in [4.78, 5) is 0. The minimum Gasteiger partial charge on any atom is -0.458 e. The molecule has 2 aliphatic heterocycles. The Morgan fingerprint density at radius 3 is 1.57 bits per heavy atom. The van der Waals surface area contributed by atoms with Gasteiger partial charge in [0.2, 0.25) is 0 Å². The van der Waals surface area contributed by atoms with Crippen molar-refractivity contribution in [2.24, 2.45) is 0 Å². The van der Waals surface area contributed by atoms with Crippen molar-refractivity contribution in [2.45, 2.75) is 0 Å².